The van der Waals surface area contributed by atoms with Crippen molar-refractivity contribution < 1.29 is 47.3 Å². The first-order chi connectivity index (χ1) is 18.0. The van der Waals surface area contributed by atoms with Crippen molar-refractivity contribution in [3.05, 3.63) is 55.0 Å². The molecule has 0 spiro atoms. The summed E-state index contributed by atoms with van der Waals surface area (Å²) in [5.41, 5.74) is -2.56. The topological polar surface area (TPSA) is 156 Å². The average molecular weight is 572 g/mol. The van der Waals surface area contributed by atoms with Crippen LogP contribution in [0.3, 0.4) is 0 Å². The quantitative estimate of drug-likeness (QED) is 0.241. The summed E-state index contributed by atoms with van der Waals surface area (Å²) in [5.74, 6) is -4.30. The Labute approximate surface area is 226 Å². The molecule has 2 aliphatic heterocycles. The normalized spacial score (nSPS) is 29.5. The molecular weight excluding hydrogens is 536 g/mol. The molecule has 0 saturated carbocycles. The predicted molar refractivity (Wildman–Crippen MR) is 137 cm³/mol. The Kier molecular flexibility index (Phi) is 8.95. The highest BCUT2D eigenvalue weighted by molar-refractivity contribution is 7.52. The summed E-state index contributed by atoms with van der Waals surface area (Å²) in [7, 11) is -4.52. The van der Waals surface area contributed by atoms with E-state index < -0.39 is 56.1 Å². The third-order valence-electron chi connectivity index (χ3n) is 5.74. The zero-order valence-corrected chi connectivity index (χ0v) is 23.3. The Hall–Kier alpha value is -2.80. The van der Waals surface area contributed by atoms with E-state index in [0.29, 0.717) is 0 Å². The summed E-state index contributed by atoms with van der Waals surface area (Å²) in [5, 5.41) is 26.4. The van der Waals surface area contributed by atoms with Crippen LogP contribution in [-0.4, -0.2) is 70.0 Å². The summed E-state index contributed by atoms with van der Waals surface area (Å²) < 4.78 is 51.2. The first-order valence-electron chi connectivity index (χ1n) is 12.1. The van der Waals surface area contributed by atoms with Crippen molar-refractivity contribution in [2.24, 2.45) is 5.41 Å². The molecule has 0 aliphatic carbocycles. The highest BCUT2D eigenvalue weighted by Gasteiger charge is 2.64. The molecule has 3 rings (SSSR count). The van der Waals surface area contributed by atoms with Gasteiger partial charge in [0.05, 0.1) is 6.61 Å². The number of ether oxygens (including phenoxy) is 2. The maximum atomic E-state index is 16.0. The van der Waals surface area contributed by atoms with Crippen molar-refractivity contribution in [2.45, 2.75) is 64.4 Å². The predicted octanol–water partition coefficient (Wildman–Crippen LogP) is 2.31. The van der Waals surface area contributed by atoms with Crippen molar-refractivity contribution in [3.8, 4) is 5.75 Å². The van der Waals surface area contributed by atoms with Crippen LogP contribution in [0, 0.1) is 5.41 Å². The molecule has 6 atom stereocenters. The Bertz CT molecular complexity index is 1160. The molecule has 39 heavy (non-hydrogen) atoms. The molecule has 2 unspecified atom stereocenters. The monoisotopic (exact) mass is 571 g/mol. The van der Waals surface area contributed by atoms with E-state index in [4.69, 9.17) is 18.5 Å². The second-order valence-electron chi connectivity index (χ2n) is 10.7. The van der Waals surface area contributed by atoms with E-state index >= 15 is 4.39 Å². The number of nitrogens with zero attached hydrogens (tertiary/aromatic N) is 1. The lowest BCUT2D eigenvalue weighted by atomic mass is 9.95. The Morgan fingerprint density at radius 2 is 2.00 bits per heavy atom. The smallest absolute Gasteiger partial charge is 0.459 e. The molecule has 216 valence electrons. The third-order valence-corrected chi connectivity index (χ3v) is 7.36. The molecule has 0 bridgehead atoms. The third kappa shape index (κ3) is 7.44. The second kappa shape index (κ2) is 11.4. The lowest BCUT2D eigenvalue weighted by Gasteiger charge is -2.36. The minimum atomic E-state index is -4.52. The summed E-state index contributed by atoms with van der Waals surface area (Å²) in [6, 6.07) is 6.62. The van der Waals surface area contributed by atoms with Crippen molar-refractivity contribution in [2.75, 3.05) is 13.2 Å². The molecule has 2 heterocycles. The molecule has 1 saturated heterocycles. The van der Waals surface area contributed by atoms with Gasteiger partial charge in [0.15, 0.2) is 6.23 Å². The fraction of sp³-hybridized carbons (Fsp3) is 0.520. The van der Waals surface area contributed by atoms with Gasteiger partial charge in [-0.05, 0) is 31.4 Å². The summed E-state index contributed by atoms with van der Waals surface area (Å²) in [4.78, 5) is 25.2. The van der Waals surface area contributed by atoms with Crippen molar-refractivity contribution >= 4 is 19.6 Å². The second-order valence-corrected chi connectivity index (χ2v) is 12.4. The van der Waals surface area contributed by atoms with Crippen LogP contribution in [0.15, 0.2) is 55.0 Å². The number of carbonyl (C=O) groups is 2. The summed E-state index contributed by atoms with van der Waals surface area (Å²) in [6.45, 7) is 10.6. The molecule has 0 aromatic heterocycles. The van der Waals surface area contributed by atoms with E-state index in [0.717, 1.165) is 17.9 Å². The van der Waals surface area contributed by atoms with Crippen LogP contribution in [0.25, 0.3) is 0 Å². The number of aliphatic hydroxyl groups excluding tert-OH is 1. The number of nitrogens with one attached hydrogen (secondary N) is 2. The van der Waals surface area contributed by atoms with Gasteiger partial charge in [0.1, 0.15) is 35.9 Å². The SMILES string of the molecule is C=C1NC(=O)C=CN1[C@@H]1O[C@](F)(COP(=O)(NC(C)C(=O)OCC(C)(C)C)Oc2ccccc2)[C@@H](O)[C@@]1(C)O. The Balaban J connectivity index is 1.80. The fourth-order valence-electron chi connectivity index (χ4n) is 3.68. The fourth-order valence-corrected chi connectivity index (χ4v) is 5.19. The first kappa shape index (κ1) is 30.7. The number of rotatable bonds is 10. The number of hydrogen-bond acceptors (Lipinski definition) is 10. The van der Waals surface area contributed by atoms with Crippen LogP contribution in [0.1, 0.15) is 34.6 Å². The maximum Gasteiger partial charge on any atom is 0.459 e. The van der Waals surface area contributed by atoms with E-state index in [1.807, 2.05) is 20.8 Å². The van der Waals surface area contributed by atoms with Gasteiger partial charge in [-0.25, -0.2) is 8.96 Å². The van der Waals surface area contributed by atoms with E-state index in [-0.39, 0.29) is 23.6 Å². The minimum Gasteiger partial charge on any atom is -0.464 e. The standard InChI is InChI=1S/C25H35FN3O9P/c1-16(20(31)35-14-23(3,4)5)28-39(34,38-18-10-8-7-9-11-18)36-15-25(26)21(32)24(6,33)22(37-25)29-13-12-19(30)27-17(29)2/h7-13,16,21-22,32-33H,2,14-15H2,1,3-6H3,(H,27,30)(H,28,34)/t16?,21-,22+,24+,25+,39?/m0/s1. The van der Waals surface area contributed by atoms with Crippen LogP contribution >= 0.6 is 7.75 Å². The largest absolute Gasteiger partial charge is 0.464 e. The number of amides is 1. The van der Waals surface area contributed by atoms with Gasteiger partial charge in [-0.1, -0.05) is 45.5 Å². The van der Waals surface area contributed by atoms with Crippen LogP contribution < -0.4 is 14.9 Å². The van der Waals surface area contributed by atoms with Crippen molar-refractivity contribution in [3.63, 3.8) is 0 Å². The van der Waals surface area contributed by atoms with Gasteiger partial charge >= 0.3 is 13.7 Å². The van der Waals surface area contributed by atoms with Crippen LogP contribution in [0.2, 0.25) is 0 Å². The van der Waals surface area contributed by atoms with Gasteiger partial charge in [-0.15, -0.1) is 0 Å². The molecule has 1 aromatic carbocycles. The first-order valence-corrected chi connectivity index (χ1v) is 13.7. The van der Waals surface area contributed by atoms with Gasteiger partial charge < -0.3 is 34.4 Å². The molecule has 2 aliphatic rings. The zero-order valence-electron chi connectivity index (χ0n) is 22.4. The van der Waals surface area contributed by atoms with Gasteiger partial charge in [0, 0.05) is 12.3 Å². The maximum absolute atomic E-state index is 16.0. The summed E-state index contributed by atoms with van der Waals surface area (Å²) in [6.07, 6.45) is -1.45. The molecule has 12 nitrogen and oxygen atoms in total. The number of hydrogen-bond donors (Lipinski definition) is 4. The molecule has 1 amide bonds. The number of para-hydroxylation sites is 1. The molecule has 14 heteroatoms. The number of carbonyl (C=O) groups excluding carboxylic acids is 2. The number of benzene rings is 1. The Morgan fingerprint density at radius 1 is 1.36 bits per heavy atom. The van der Waals surface area contributed by atoms with Crippen molar-refractivity contribution in [1.82, 2.24) is 15.3 Å². The van der Waals surface area contributed by atoms with Gasteiger partial charge in [-0.2, -0.15) is 5.09 Å². The molecule has 1 aromatic rings. The van der Waals surface area contributed by atoms with Crippen LogP contribution in [0.4, 0.5) is 4.39 Å². The van der Waals surface area contributed by atoms with E-state index in [9.17, 15) is 24.4 Å². The summed E-state index contributed by atoms with van der Waals surface area (Å²) >= 11 is 0. The Morgan fingerprint density at radius 3 is 2.59 bits per heavy atom. The lowest BCUT2D eigenvalue weighted by Crippen LogP contribution is -2.54. The zero-order chi connectivity index (χ0) is 29.2. The van der Waals surface area contributed by atoms with E-state index in [2.05, 4.69) is 17.0 Å². The van der Waals surface area contributed by atoms with Gasteiger partial charge in [0.25, 0.3) is 11.8 Å². The van der Waals surface area contributed by atoms with Crippen molar-refractivity contribution in [1.29, 1.82) is 0 Å². The number of esters is 1. The molecule has 4 N–H and O–H groups in total. The molecule has 0 radical (unpaired) electrons. The lowest BCUT2D eigenvalue weighted by molar-refractivity contribution is -0.206. The average Bonchev–Trinajstić information content (AvgIpc) is 3.02. The number of aliphatic hydroxyl groups is 2. The van der Waals surface area contributed by atoms with Crippen LogP contribution in [-0.2, 0) is 28.2 Å². The van der Waals surface area contributed by atoms with E-state index in [1.165, 1.54) is 25.3 Å². The van der Waals surface area contributed by atoms with Crippen LogP contribution in [0.5, 0.6) is 5.75 Å². The van der Waals surface area contributed by atoms with Gasteiger partial charge in [-0.3, -0.25) is 14.1 Å². The highest BCUT2D eigenvalue weighted by Crippen LogP contribution is 2.49. The molecular formula is C25H35FN3O9P. The number of halogens is 1. The number of alkyl halides is 1. The highest BCUT2D eigenvalue weighted by atomic mass is 31.2. The minimum absolute atomic E-state index is 0.0347. The molecule has 1 fully saturated rings. The van der Waals surface area contributed by atoms with Gasteiger partial charge in [0.2, 0.25) is 0 Å². The van der Waals surface area contributed by atoms with E-state index in [1.54, 1.807) is 18.2 Å².